The van der Waals surface area contributed by atoms with Gasteiger partial charge in [0.2, 0.25) is 0 Å². The molecule has 1 atom stereocenters. The number of nitrogens with zero attached hydrogens (tertiary/aromatic N) is 3. The van der Waals surface area contributed by atoms with Gasteiger partial charge in [-0.2, -0.15) is 5.10 Å². The van der Waals surface area contributed by atoms with Crippen LogP contribution in [0.25, 0.3) is 22.2 Å². The Morgan fingerprint density at radius 1 is 0.960 bits per heavy atom. The maximum Gasteiger partial charge on any atom is 0.176 e. The van der Waals surface area contributed by atoms with E-state index >= 15 is 0 Å². The third kappa shape index (κ3) is 2.48. The van der Waals surface area contributed by atoms with Crippen molar-refractivity contribution in [2.75, 3.05) is 6.61 Å². The number of H-pyrrole nitrogens is 1. The van der Waals surface area contributed by atoms with Crippen LogP contribution >= 0.6 is 0 Å². The summed E-state index contributed by atoms with van der Waals surface area (Å²) in [6, 6.07) is 13.6. The molecule has 2 aromatic heterocycles. The van der Waals surface area contributed by atoms with Gasteiger partial charge in [0.15, 0.2) is 17.6 Å². The zero-order chi connectivity index (χ0) is 16.6. The normalized spacial score (nSPS) is 16.1. The second-order valence-corrected chi connectivity index (χ2v) is 5.85. The maximum atomic E-state index is 6.03. The molecule has 0 fully saturated rings. The summed E-state index contributed by atoms with van der Waals surface area (Å²) < 4.78 is 11.8. The van der Waals surface area contributed by atoms with Crippen molar-refractivity contribution in [2.24, 2.45) is 0 Å². The Kier molecular flexibility index (Phi) is 3.13. The van der Waals surface area contributed by atoms with Crippen LogP contribution in [0, 0.1) is 0 Å². The fourth-order valence-electron chi connectivity index (χ4n) is 2.93. The van der Waals surface area contributed by atoms with Crippen LogP contribution in [0.3, 0.4) is 0 Å². The van der Waals surface area contributed by atoms with Crippen molar-refractivity contribution in [1.82, 2.24) is 20.2 Å². The minimum atomic E-state index is -0.274. The molecule has 0 aliphatic carbocycles. The minimum Gasteiger partial charge on any atom is -0.485 e. The van der Waals surface area contributed by atoms with E-state index in [0.29, 0.717) is 6.61 Å². The van der Waals surface area contributed by atoms with Crippen LogP contribution in [0.4, 0.5) is 0 Å². The van der Waals surface area contributed by atoms with Gasteiger partial charge in [0.1, 0.15) is 12.3 Å². The highest BCUT2D eigenvalue weighted by atomic mass is 16.6. The van der Waals surface area contributed by atoms with Gasteiger partial charge in [0.25, 0.3) is 0 Å². The first-order valence-corrected chi connectivity index (χ1v) is 8.01. The van der Waals surface area contributed by atoms with Gasteiger partial charge in [-0.3, -0.25) is 10.1 Å². The van der Waals surface area contributed by atoms with Crippen LogP contribution < -0.4 is 9.47 Å². The molecule has 1 unspecified atom stereocenters. The summed E-state index contributed by atoms with van der Waals surface area (Å²) in [4.78, 5) is 9.26. The summed E-state index contributed by atoms with van der Waals surface area (Å²) in [5.41, 5.74) is 4.47. The highest BCUT2D eigenvalue weighted by Crippen LogP contribution is 2.35. The molecule has 0 spiro atoms. The number of hydrogen-bond donors (Lipinski definition) is 1. The monoisotopic (exact) mass is 330 g/mol. The lowest BCUT2D eigenvalue weighted by atomic mass is 10.1. The van der Waals surface area contributed by atoms with E-state index in [9.17, 15) is 0 Å². The molecule has 25 heavy (non-hydrogen) atoms. The van der Waals surface area contributed by atoms with E-state index in [2.05, 4.69) is 15.2 Å². The summed E-state index contributed by atoms with van der Waals surface area (Å²) in [5, 5.41) is 6.82. The zero-order valence-corrected chi connectivity index (χ0v) is 13.2. The number of aromatic nitrogens is 4. The molecular weight excluding hydrogens is 316 g/mol. The SMILES string of the molecule is c1ccc2c(c1)OCC(c1cnc3ccc(-c4cn[nH]c4)cc3n1)O2. The van der Waals surface area contributed by atoms with E-state index in [1.54, 1.807) is 12.4 Å². The number of rotatable bonds is 2. The first kappa shape index (κ1) is 14.0. The van der Waals surface area contributed by atoms with Crippen molar-refractivity contribution in [2.45, 2.75) is 6.10 Å². The van der Waals surface area contributed by atoms with Crippen LogP contribution in [0.5, 0.6) is 11.5 Å². The van der Waals surface area contributed by atoms with Crippen LogP contribution in [0.15, 0.2) is 61.1 Å². The summed E-state index contributed by atoms with van der Waals surface area (Å²) >= 11 is 0. The van der Waals surface area contributed by atoms with Crippen LogP contribution in [-0.4, -0.2) is 26.8 Å². The number of nitrogens with one attached hydrogen (secondary N) is 1. The molecule has 1 aliphatic rings. The number of ether oxygens (including phenoxy) is 2. The molecule has 6 nitrogen and oxygen atoms in total. The maximum absolute atomic E-state index is 6.03. The summed E-state index contributed by atoms with van der Waals surface area (Å²) in [5.74, 6) is 1.49. The van der Waals surface area contributed by atoms with Crippen molar-refractivity contribution in [3.05, 3.63) is 66.7 Å². The molecule has 1 N–H and O–H groups in total. The van der Waals surface area contributed by atoms with Crippen LogP contribution in [0.2, 0.25) is 0 Å². The quantitative estimate of drug-likeness (QED) is 0.609. The molecule has 0 saturated heterocycles. The highest BCUT2D eigenvalue weighted by molar-refractivity contribution is 5.81. The van der Waals surface area contributed by atoms with E-state index in [1.165, 1.54) is 0 Å². The average Bonchev–Trinajstić information content (AvgIpc) is 3.21. The number of para-hydroxylation sites is 2. The van der Waals surface area contributed by atoms with Gasteiger partial charge in [-0.25, -0.2) is 4.98 Å². The first-order valence-electron chi connectivity index (χ1n) is 8.01. The van der Waals surface area contributed by atoms with Crippen molar-refractivity contribution in [3.63, 3.8) is 0 Å². The molecular formula is C19H14N4O2. The predicted octanol–water partition coefficient (Wildman–Crippen LogP) is 3.53. The Bertz CT molecular complexity index is 1050. The fraction of sp³-hybridized carbons (Fsp3) is 0.105. The van der Waals surface area contributed by atoms with Gasteiger partial charge in [0, 0.05) is 11.8 Å². The fourth-order valence-corrected chi connectivity index (χ4v) is 2.93. The first-order chi connectivity index (χ1) is 12.4. The van der Waals surface area contributed by atoms with E-state index in [4.69, 9.17) is 14.5 Å². The van der Waals surface area contributed by atoms with E-state index in [1.807, 2.05) is 48.7 Å². The van der Waals surface area contributed by atoms with Gasteiger partial charge in [-0.15, -0.1) is 0 Å². The Labute approximate surface area is 143 Å². The van der Waals surface area contributed by atoms with E-state index in [0.717, 1.165) is 39.4 Å². The molecule has 1 aliphatic heterocycles. The lowest BCUT2D eigenvalue weighted by Gasteiger charge is -2.25. The van der Waals surface area contributed by atoms with Gasteiger partial charge in [-0.05, 0) is 29.8 Å². The van der Waals surface area contributed by atoms with Gasteiger partial charge < -0.3 is 9.47 Å². The number of hydrogen-bond acceptors (Lipinski definition) is 5. The van der Waals surface area contributed by atoms with Crippen LogP contribution in [0.1, 0.15) is 11.8 Å². The molecule has 0 radical (unpaired) electrons. The lowest BCUT2D eigenvalue weighted by Crippen LogP contribution is -2.22. The molecule has 0 saturated carbocycles. The molecule has 5 rings (SSSR count). The number of aromatic amines is 1. The van der Waals surface area contributed by atoms with Gasteiger partial charge >= 0.3 is 0 Å². The lowest BCUT2D eigenvalue weighted by molar-refractivity contribution is 0.0883. The largest absolute Gasteiger partial charge is 0.485 e. The standard InChI is InChI=1S/C19H14N4O2/c1-2-4-18-17(3-1)24-11-19(25-18)16-10-20-14-6-5-12(7-15(14)23-16)13-8-21-22-9-13/h1-10,19H,11H2,(H,21,22). The van der Waals surface area contributed by atoms with Crippen molar-refractivity contribution >= 4 is 11.0 Å². The van der Waals surface area contributed by atoms with Gasteiger partial charge in [-0.1, -0.05) is 18.2 Å². The van der Waals surface area contributed by atoms with Crippen molar-refractivity contribution in [3.8, 4) is 22.6 Å². The van der Waals surface area contributed by atoms with Crippen LogP contribution in [-0.2, 0) is 0 Å². The third-order valence-corrected chi connectivity index (χ3v) is 4.23. The topological polar surface area (TPSA) is 72.9 Å². The molecule has 2 aromatic carbocycles. The molecule has 122 valence electrons. The van der Waals surface area contributed by atoms with E-state index < -0.39 is 0 Å². The predicted molar refractivity (Wildman–Crippen MR) is 92.4 cm³/mol. The number of fused-ring (bicyclic) bond motifs is 2. The third-order valence-electron chi connectivity index (χ3n) is 4.23. The Morgan fingerprint density at radius 2 is 1.88 bits per heavy atom. The Morgan fingerprint density at radius 3 is 2.76 bits per heavy atom. The van der Waals surface area contributed by atoms with Crippen molar-refractivity contribution in [1.29, 1.82) is 0 Å². The number of benzene rings is 2. The van der Waals surface area contributed by atoms with Gasteiger partial charge in [0.05, 0.1) is 23.4 Å². The molecule has 4 aromatic rings. The van der Waals surface area contributed by atoms with Crippen molar-refractivity contribution < 1.29 is 9.47 Å². The molecule has 0 bridgehead atoms. The Balaban J connectivity index is 1.52. The molecule has 3 heterocycles. The average molecular weight is 330 g/mol. The smallest absolute Gasteiger partial charge is 0.176 e. The summed E-state index contributed by atoms with van der Waals surface area (Å²) in [6.07, 6.45) is 5.12. The second kappa shape index (κ2) is 5.59. The highest BCUT2D eigenvalue weighted by Gasteiger charge is 2.24. The summed E-state index contributed by atoms with van der Waals surface area (Å²) in [6.45, 7) is 0.415. The zero-order valence-electron chi connectivity index (χ0n) is 13.2. The second-order valence-electron chi connectivity index (χ2n) is 5.85. The minimum absolute atomic E-state index is 0.274. The van der Waals surface area contributed by atoms with E-state index in [-0.39, 0.29) is 6.10 Å². The molecule has 6 heteroatoms. The molecule has 0 amide bonds. The Hall–Kier alpha value is -3.41. The summed E-state index contributed by atoms with van der Waals surface area (Å²) in [7, 11) is 0.